The van der Waals surface area contributed by atoms with Crippen LogP contribution in [-0.4, -0.2) is 123 Å². The van der Waals surface area contributed by atoms with Gasteiger partial charge in [-0.15, -0.1) is 0 Å². The van der Waals surface area contributed by atoms with Crippen LogP contribution in [0.1, 0.15) is 126 Å². The van der Waals surface area contributed by atoms with E-state index in [1.165, 1.54) is 12.0 Å². The number of halogens is 1. The molecule has 1 aliphatic carbocycles. The highest BCUT2D eigenvalue weighted by Crippen LogP contribution is 2.38. The Morgan fingerprint density at radius 3 is 2.30 bits per heavy atom. The lowest BCUT2D eigenvalue weighted by Crippen LogP contribution is -2.60. The van der Waals surface area contributed by atoms with Gasteiger partial charge in [0.25, 0.3) is 11.7 Å². The molecule has 13 nitrogen and oxygen atoms in total. The van der Waals surface area contributed by atoms with Gasteiger partial charge in [-0.3, -0.25) is 19.2 Å². The Morgan fingerprint density at radius 2 is 1.61 bits per heavy atom. The largest absolute Gasteiger partial charge is 0.460 e. The van der Waals surface area contributed by atoms with Crippen LogP contribution in [0.25, 0.3) is 0 Å². The topological polar surface area (TPSA) is 186 Å². The van der Waals surface area contributed by atoms with Crippen molar-refractivity contribution in [3.05, 3.63) is 47.6 Å². The van der Waals surface area contributed by atoms with Gasteiger partial charge in [-0.2, -0.15) is 0 Å². The van der Waals surface area contributed by atoms with Crippen molar-refractivity contribution in [2.75, 3.05) is 20.8 Å². The van der Waals surface area contributed by atoms with E-state index in [0.29, 0.717) is 63.4 Å². The van der Waals surface area contributed by atoms with Crippen LogP contribution < -0.4 is 0 Å². The summed E-state index contributed by atoms with van der Waals surface area (Å²) >= 11 is 2.32. The molecule has 1 saturated carbocycles. The van der Waals surface area contributed by atoms with Gasteiger partial charge in [-0.1, -0.05) is 99.2 Å². The van der Waals surface area contributed by atoms with Crippen molar-refractivity contribution in [3.63, 3.8) is 0 Å². The second kappa shape index (κ2) is 25.0. The van der Waals surface area contributed by atoms with E-state index in [0.717, 1.165) is 12.0 Å². The fraction of sp³-hybridized carbons (Fsp3) is 0.740. The predicted octanol–water partition coefficient (Wildman–Crippen LogP) is 6.97. The second-order valence-corrected chi connectivity index (χ2v) is 20.8. The minimum Gasteiger partial charge on any atom is -0.460 e. The monoisotopic (exact) mass is 1010 g/mol. The van der Waals surface area contributed by atoms with E-state index in [2.05, 4.69) is 22.6 Å². The summed E-state index contributed by atoms with van der Waals surface area (Å²) in [4.78, 5) is 71.7. The average molecular weight is 1010 g/mol. The number of hydrogen-bond acceptors (Lipinski definition) is 12. The SMILES string of the molecule is CO[C@@H]1C[C@@H](CC(C)[C@@H]2CC(=O)[C@H](C)/C=C(\C)[C@@H](O)[C@@H](OC)C(=O)[C@H](C)C[C@H](C)/C=C/C=C/C=C(/C)[C@H](I)C[C@@H]3CC[C@@H](C)[C@@](O)(O3)C(=O)C(=O)N3CCCC[C@H]3C(=O)O2)CC[C@H]1O. The molecule has 0 radical (unpaired) electrons. The Morgan fingerprint density at radius 1 is 0.891 bits per heavy atom. The van der Waals surface area contributed by atoms with Crippen LogP contribution in [0.5, 0.6) is 0 Å². The molecule has 1 amide bonds. The second-order valence-electron chi connectivity index (χ2n) is 19.3. The Labute approximate surface area is 395 Å². The van der Waals surface area contributed by atoms with Crippen molar-refractivity contribution in [1.29, 1.82) is 0 Å². The normalized spacial score (nSPS) is 40.9. The number of carbonyl (C=O) groups excluding carboxylic acids is 5. The number of amides is 1. The number of alkyl halides is 1. The maximum absolute atomic E-state index is 14.3. The zero-order valence-electron chi connectivity index (χ0n) is 39.6. The number of aliphatic hydroxyl groups is 3. The number of ether oxygens (including phenoxy) is 4. The van der Waals surface area contributed by atoms with Crippen molar-refractivity contribution in [3.8, 4) is 0 Å². The third kappa shape index (κ3) is 14.2. The van der Waals surface area contributed by atoms with Gasteiger partial charge in [0.1, 0.15) is 30.1 Å². The number of rotatable bonds is 5. The summed E-state index contributed by atoms with van der Waals surface area (Å²) in [5.74, 6) is -7.71. The lowest BCUT2D eigenvalue weighted by Gasteiger charge is -2.42. The summed E-state index contributed by atoms with van der Waals surface area (Å²) in [7, 11) is 2.95. The molecule has 2 bridgehead atoms. The third-order valence-electron chi connectivity index (χ3n) is 14.2. The number of fused-ring (bicyclic) bond motifs is 3. The minimum atomic E-state index is -2.37. The fourth-order valence-corrected chi connectivity index (χ4v) is 10.6. The van der Waals surface area contributed by atoms with Gasteiger partial charge in [-0.25, -0.2) is 4.79 Å². The number of hydrogen-bond donors (Lipinski definition) is 3. The van der Waals surface area contributed by atoms with E-state index in [4.69, 9.17) is 18.9 Å². The van der Waals surface area contributed by atoms with Crippen LogP contribution >= 0.6 is 22.6 Å². The third-order valence-corrected chi connectivity index (χ3v) is 15.7. The first-order chi connectivity index (χ1) is 30.2. The van der Waals surface area contributed by atoms with Crippen LogP contribution in [0.4, 0.5) is 0 Å². The summed E-state index contributed by atoms with van der Waals surface area (Å²) in [6, 6.07) is -1.12. The van der Waals surface area contributed by atoms with E-state index in [-0.39, 0.29) is 58.7 Å². The molecule has 4 rings (SSSR count). The number of carbonyl (C=O) groups is 5. The molecule has 4 aliphatic rings. The summed E-state index contributed by atoms with van der Waals surface area (Å²) in [5.41, 5.74) is 1.45. The molecule has 14 heteroatoms. The van der Waals surface area contributed by atoms with E-state index < -0.39 is 77.8 Å². The number of cyclic esters (lactones) is 1. The van der Waals surface area contributed by atoms with Gasteiger partial charge < -0.3 is 39.2 Å². The first-order valence-corrected chi connectivity index (χ1v) is 24.7. The molecule has 2 saturated heterocycles. The van der Waals surface area contributed by atoms with Crippen LogP contribution in [0, 0.1) is 35.5 Å². The quantitative estimate of drug-likeness (QED) is 0.0846. The van der Waals surface area contributed by atoms with Crippen molar-refractivity contribution in [2.45, 2.75) is 178 Å². The van der Waals surface area contributed by atoms with Gasteiger partial charge in [-0.05, 0) is 108 Å². The van der Waals surface area contributed by atoms with Crippen molar-refractivity contribution in [2.24, 2.45) is 35.5 Å². The van der Waals surface area contributed by atoms with Crippen molar-refractivity contribution in [1.82, 2.24) is 4.90 Å². The number of ketones is 3. The van der Waals surface area contributed by atoms with E-state index in [1.54, 1.807) is 34.0 Å². The van der Waals surface area contributed by atoms with Crippen LogP contribution in [-0.2, 0) is 42.9 Å². The van der Waals surface area contributed by atoms with Gasteiger partial charge in [0, 0.05) is 48.9 Å². The van der Waals surface area contributed by atoms with Gasteiger partial charge in [0.05, 0.1) is 18.3 Å². The molecule has 360 valence electrons. The van der Waals surface area contributed by atoms with Crippen LogP contribution in [0.2, 0.25) is 0 Å². The molecule has 0 aromatic heterocycles. The highest BCUT2D eigenvalue weighted by atomic mass is 127. The molecular formula is C50H76INO12. The Kier molecular flexibility index (Phi) is 21.1. The molecule has 3 fully saturated rings. The zero-order chi connectivity index (χ0) is 47.5. The van der Waals surface area contributed by atoms with Gasteiger partial charge in [0.2, 0.25) is 5.79 Å². The van der Waals surface area contributed by atoms with Gasteiger partial charge in [0.15, 0.2) is 5.78 Å². The molecule has 64 heavy (non-hydrogen) atoms. The predicted molar refractivity (Wildman–Crippen MR) is 252 cm³/mol. The van der Waals surface area contributed by atoms with Crippen molar-refractivity contribution >= 4 is 51.8 Å². The number of Topliss-reactive ketones (excluding diaryl/α,β-unsaturated/α-hetero) is 3. The van der Waals surface area contributed by atoms with Gasteiger partial charge >= 0.3 is 5.97 Å². The molecule has 0 aromatic carbocycles. The highest BCUT2D eigenvalue weighted by Gasteiger charge is 2.53. The molecule has 0 aromatic rings. The molecular weight excluding hydrogens is 933 g/mol. The van der Waals surface area contributed by atoms with E-state index in [1.807, 2.05) is 58.1 Å². The first-order valence-electron chi connectivity index (χ1n) is 23.5. The number of allylic oxidation sites excluding steroid dienone is 7. The summed E-state index contributed by atoms with van der Waals surface area (Å²) in [5, 5.41) is 33.8. The maximum Gasteiger partial charge on any atom is 0.329 e. The molecule has 1 unspecified atom stereocenters. The number of esters is 1. The van der Waals surface area contributed by atoms with Crippen LogP contribution in [0.15, 0.2) is 47.6 Å². The lowest BCUT2D eigenvalue weighted by atomic mass is 9.78. The highest BCUT2D eigenvalue weighted by molar-refractivity contribution is 14.1. The summed E-state index contributed by atoms with van der Waals surface area (Å²) < 4.78 is 23.6. The average Bonchev–Trinajstić information content (AvgIpc) is 3.26. The number of piperidine rings is 1. The maximum atomic E-state index is 14.3. The molecule has 3 aliphatic heterocycles. The number of methoxy groups -OCH3 is 2. The fourth-order valence-electron chi connectivity index (χ4n) is 9.82. The molecule has 3 heterocycles. The smallest absolute Gasteiger partial charge is 0.329 e. The Hall–Kier alpha value is -2.60. The lowest BCUT2D eigenvalue weighted by molar-refractivity contribution is -0.263. The van der Waals surface area contributed by atoms with E-state index >= 15 is 0 Å². The minimum absolute atomic E-state index is 0.00152. The Bertz CT molecular complexity index is 1740. The standard InChI is InChI=1S/C50H76INO12/c1-29-15-11-10-12-16-30(2)38(51)27-37-20-18-35(7)50(60,64-37)47(57)48(58)52-22-14-13-17-39(52)49(59)63-42(32(4)25-36-19-21-40(53)43(26-36)61-8)28-41(54)31(3)24-34(6)45(56)46(62-9)44(55)33(5)23-29/h10-12,15-16,24,29,31-33,35-40,42-43,45-46,53,56,60H,13-14,17-23,25-28H2,1-9H3/b12-10+,15-11+,30-16-,34-24+/t29-,31-,32?,33-,35-,36-,37+,38-,39+,40-,42+,43-,45-,46+,50-/m1/s1. The number of aliphatic hydroxyl groups excluding tert-OH is 2. The van der Waals surface area contributed by atoms with Crippen molar-refractivity contribution < 1.29 is 58.2 Å². The Balaban J connectivity index is 1.69. The summed E-state index contributed by atoms with van der Waals surface area (Å²) in [6.07, 6.45) is 12.4. The molecule has 3 N–H and O–H groups in total. The molecule has 15 atom stereocenters. The number of nitrogens with zero attached hydrogens (tertiary/aromatic N) is 1. The summed E-state index contributed by atoms with van der Waals surface area (Å²) in [6.45, 7) is 12.9. The first kappa shape index (κ1) is 54.0. The van der Waals surface area contributed by atoms with Crippen LogP contribution in [0.3, 0.4) is 0 Å². The molecule has 0 spiro atoms. The van der Waals surface area contributed by atoms with E-state index in [9.17, 15) is 39.3 Å². The zero-order valence-corrected chi connectivity index (χ0v) is 41.7.